The Morgan fingerprint density at radius 3 is 2.68 bits per heavy atom. The lowest BCUT2D eigenvalue weighted by atomic mass is 10.0. The summed E-state index contributed by atoms with van der Waals surface area (Å²) < 4.78 is 5.11. The molecule has 0 bridgehead atoms. The number of hydrogen-bond acceptors (Lipinski definition) is 3. The van der Waals surface area contributed by atoms with Gasteiger partial charge in [-0.25, -0.2) is 4.79 Å². The normalized spacial score (nSPS) is 17.4. The lowest BCUT2D eigenvalue weighted by Gasteiger charge is -2.17. The molecule has 1 aromatic rings. The number of fused-ring (bicyclic) bond motifs is 1. The Hall–Kier alpha value is -2.82. The third kappa shape index (κ3) is 2.65. The summed E-state index contributed by atoms with van der Waals surface area (Å²) in [5.74, 6) is -1.46. The molecule has 1 heterocycles. The average molecular weight is 297 g/mol. The van der Waals surface area contributed by atoms with Crippen LogP contribution in [0.4, 0.5) is 0 Å². The van der Waals surface area contributed by atoms with Crippen molar-refractivity contribution in [2.24, 2.45) is 0 Å². The largest absolute Gasteiger partial charge is 0.479 e. The van der Waals surface area contributed by atoms with Gasteiger partial charge in [0.15, 0.2) is 0 Å². The standard InChI is InChI=1S/C17H15NO4/c19-16(11-4-2-1-3-5-11)18-15(17(20)21)14-7-6-12-10-22-9-8-13(12)14/h1-5,8-10,15H,6-7H2,(H,18,19)(H,20,21). The van der Waals surface area contributed by atoms with Gasteiger partial charge in [0.05, 0.1) is 12.5 Å². The van der Waals surface area contributed by atoms with Crippen molar-refractivity contribution >= 4 is 11.9 Å². The number of amides is 1. The molecule has 1 aliphatic carbocycles. The van der Waals surface area contributed by atoms with Gasteiger partial charge in [-0.05, 0) is 47.8 Å². The maximum Gasteiger partial charge on any atom is 0.330 e. The quantitative estimate of drug-likeness (QED) is 0.894. The Morgan fingerprint density at radius 2 is 1.95 bits per heavy atom. The molecule has 0 saturated carbocycles. The summed E-state index contributed by atoms with van der Waals surface area (Å²) in [6.45, 7) is 0. The van der Waals surface area contributed by atoms with Gasteiger partial charge in [0.1, 0.15) is 6.04 Å². The summed E-state index contributed by atoms with van der Waals surface area (Å²) in [6, 6.07) is 7.56. The summed E-state index contributed by atoms with van der Waals surface area (Å²) in [5.41, 5.74) is 2.97. The first-order chi connectivity index (χ1) is 10.7. The van der Waals surface area contributed by atoms with E-state index in [2.05, 4.69) is 5.32 Å². The van der Waals surface area contributed by atoms with Crippen LogP contribution in [-0.2, 0) is 9.53 Å². The SMILES string of the molecule is O=C(NC(C(=O)O)C1=C2C=COC=C2CC1)c1ccccc1. The van der Waals surface area contributed by atoms with Gasteiger partial charge in [-0.15, -0.1) is 0 Å². The van der Waals surface area contributed by atoms with Gasteiger partial charge in [-0.1, -0.05) is 18.2 Å². The lowest BCUT2D eigenvalue weighted by Crippen LogP contribution is -2.42. The van der Waals surface area contributed by atoms with E-state index in [4.69, 9.17) is 4.74 Å². The fourth-order valence-electron chi connectivity index (χ4n) is 2.71. The van der Waals surface area contributed by atoms with Gasteiger partial charge in [0, 0.05) is 5.56 Å². The molecule has 0 spiro atoms. The minimum absolute atomic E-state index is 0.394. The van der Waals surface area contributed by atoms with Crippen molar-refractivity contribution in [1.82, 2.24) is 5.32 Å². The van der Waals surface area contributed by atoms with Crippen molar-refractivity contribution in [3.63, 3.8) is 0 Å². The highest BCUT2D eigenvalue weighted by molar-refractivity contribution is 5.97. The third-order valence-corrected chi connectivity index (χ3v) is 3.79. The molecule has 22 heavy (non-hydrogen) atoms. The van der Waals surface area contributed by atoms with Crippen LogP contribution in [0, 0.1) is 0 Å². The van der Waals surface area contributed by atoms with Crippen LogP contribution < -0.4 is 5.32 Å². The summed E-state index contributed by atoms with van der Waals surface area (Å²) in [6.07, 6.45) is 6.21. The Bertz CT molecular complexity index is 701. The van der Waals surface area contributed by atoms with Crippen LogP contribution in [0.3, 0.4) is 0 Å². The number of rotatable bonds is 4. The number of carbonyl (C=O) groups is 2. The minimum Gasteiger partial charge on any atom is -0.479 e. The highest BCUT2D eigenvalue weighted by Crippen LogP contribution is 2.36. The number of carboxylic acids is 1. The van der Waals surface area contributed by atoms with Crippen molar-refractivity contribution in [2.75, 3.05) is 0 Å². The number of allylic oxidation sites excluding steroid dienone is 3. The number of ether oxygens (including phenoxy) is 1. The molecule has 1 amide bonds. The highest BCUT2D eigenvalue weighted by atomic mass is 16.5. The lowest BCUT2D eigenvalue weighted by molar-refractivity contribution is -0.138. The van der Waals surface area contributed by atoms with Gasteiger partial charge in [-0.3, -0.25) is 4.79 Å². The Kier molecular flexibility index (Phi) is 3.78. The first-order valence-corrected chi connectivity index (χ1v) is 7.00. The van der Waals surface area contributed by atoms with Crippen molar-refractivity contribution in [2.45, 2.75) is 18.9 Å². The topological polar surface area (TPSA) is 75.6 Å². The maximum atomic E-state index is 12.2. The molecule has 3 rings (SSSR count). The predicted octanol–water partition coefficient (Wildman–Crippen LogP) is 2.39. The summed E-state index contributed by atoms with van der Waals surface area (Å²) in [7, 11) is 0. The predicted molar refractivity (Wildman–Crippen MR) is 79.9 cm³/mol. The molecule has 112 valence electrons. The zero-order valence-electron chi connectivity index (χ0n) is 11.8. The third-order valence-electron chi connectivity index (χ3n) is 3.79. The Morgan fingerprint density at radius 1 is 1.18 bits per heavy atom. The number of carbonyl (C=O) groups excluding carboxylic acids is 1. The smallest absolute Gasteiger partial charge is 0.330 e. The minimum atomic E-state index is -1.06. The van der Waals surface area contributed by atoms with Gasteiger partial charge in [-0.2, -0.15) is 0 Å². The monoisotopic (exact) mass is 297 g/mol. The van der Waals surface area contributed by atoms with E-state index in [0.29, 0.717) is 17.6 Å². The number of benzene rings is 1. The van der Waals surface area contributed by atoms with E-state index in [0.717, 1.165) is 17.6 Å². The first-order valence-electron chi connectivity index (χ1n) is 7.00. The maximum absolute atomic E-state index is 12.2. The number of carboxylic acid groups (broad SMARTS) is 1. The number of nitrogens with one attached hydrogen (secondary N) is 1. The van der Waals surface area contributed by atoms with Crippen LogP contribution in [-0.4, -0.2) is 23.0 Å². The summed E-state index contributed by atoms with van der Waals surface area (Å²) >= 11 is 0. The van der Waals surface area contributed by atoms with E-state index >= 15 is 0 Å². The molecule has 2 aliphatic rings. The molecular formula is C17H15NO4. The molecule has 1 unspecified atom stereocenters. The zero-order valence-corrected chi connectivity index (χ0v) is 11.8. The molecule has 1 atom stereocenters. The van der Waals surface area contributed by atoms with Crippen molar-refractivity contribution < 1.29 is 19.4 Å². The molecule has 2 N–H and O–H groups in total. The fraction of sp³-hybridized carbons (Fsp3) is 0.176. The second-order valence-electron chi connectivity index (χ2n) is 5.13. The van der Waals surface area contributed by atoms with Crippen LogP contribution in [0.25, 0.3) is 0 Å². The van der Waals surface area contributed by atoms with E-state index < -0.39 is 17.9 Å². The molecule has 0 radical (unpaired) electrons. The van der Waals surface area contributed by atoms with Gasteiger partial charge in [0.2, 0.25) is 0 Å². The fourth-order valence-corrected chi connectivity index (χ4v) is 2.71. The second kappa shape index (κ2) is 5.89. The molecule has 1 aromatic carbocycles. The van der Waals surface area contributed by atoms with Crippen molar-refractivity contribution in [1.29, 1.82) is 0 Å². The molecular weight excluding hydrogens is 282 g/mol. The average Bonchev–Trinajstić information content (AvgIpc) is 2.96. The summed E-state index contributed by atoms with van der Waals surface area (Å²) in [4.78, 5) is 23.8. The van der Waals surface area contributed by atoms with E-state index in [1.165, 1.54) is 6.26 Å². The number of hydrogen-bond donors (Lipinski definition) is 2. The van der Waals surface area contributed by atoms with Crippen molar-refractivity contribution in [3.05, 3.63) is 71.2 Å². The Labute approximate surface area is 127 Å². The van der Waals surface area contributed by atoms with Gasteiger partial charge in [0.25, 0.3) is 5.91 Å². The van der Waals surface area contributed by atoms with Crippen LogP contribution in [0.5, 0.6) is 0 Å². The van der Waals surface area contributed by atoms with E-state index in [1.54, 1.807) is 42.7 Å². The molecule has 0 saturated heterocycles. The Balaban J connectivity index is 1.87. The van der Waals surface area contributed by atoms with Crippen LogP contribution in [0.1, 0.15) is 23.2 Å². The van der Waals surface area contributed by atoms with E-state index in [9.17, 15) is 14.7 Å². The van der Waals surface area contributed by atoms with Crippen LogP contribution in [0.15, 0.2) is 65.7 Å². The van der Waals surface area contributed by atoms with Crippen molar-refractivity contribution in [3.8, 4) is 0 Å². The van der Waals surface area contributed by atoms with Gasteiger partial charge < -0.3 is 15.2 Å². The van der Waals surface area contributed by atoms with Crippen LogP contribution >= 0.6 is 0 Å². The van der Waals surface area contributed by atoms with E-state index in [1.807, 2.05) is 0 Å². The molecule has 5 heteroatoms. The van der Waals surface area contributed by atoms with Crippen LogP contribution in [0.2, 0.25) is 0 Å². The molecule has 5 nitrogen and oxygen atoms in total. The molecule has 1 aliphatic heterocycles. The van der Waals surface area contributed by atoms with Gasteiger partial charge >= 0.3 is 5.97 Å². The first kappa shape index (κ1) is 14.1. The van der Waals surface area contributed by atoms with E-state index in [-0.39, 0.29) is 0 Å². The second-order valence-corrected chi connectivity index (χ2v) is 5.13. The molecule has 0 aromatic heterocycles. The number of aliphatic carboxylic acids is 1. The summed E-state index contributed by atoms with van der Waals surface area (Å²) in [5, 5.41) is 12.1. The zero-order chi connectivity index (χ0) is 15.5. The highest BCUT2D eigenvalue weighted by Gasteiger charge is 2.31. The molecule has 0 fully saturated rings.